The van der Waals surface area contributed by atoms with Crippen molar-refractivity contribution in [1.82, 2.24) is 4.31 Å². The fraction of sp³-hybridized carbons (Fsp3) is 0.208. The highest BCUT2D eigenvalue weighted by Crippen LogP contribution is 2.43. The van der Waals surface area contributed by atoms with E-state index in [1.807, 2.05) is 30.3 Å². The fourth-order valence-corrected chi connectivity index (χ4v) is 5.01. The Morgan fingerprint density at radius 3 is 2.24 bits per heavy atom. The van der Waals surface area contributed by atoms with Crippen molar-refractivity contribution < 1.29 is 36.9 Å². The van der Waals surface area contributed by atoms with E-state index in [9.17, 15) is 13.2 Å². The molecule has 3 aromatic rings. The third kappa shape index (κ3) is 4.44. The molecule has 0 unspecified atom stereocenters. The first-order valence-electron chi connectivity index (χ1n) is 10.2. The van der Waals surface area contributed by atoms with E-state index in [0.29, 0.717) is 33.7 Å². The van der Waals surface area contributed by atoms with Gasteiger partial charge in [0.25, 0.3) is 10.0 Å². The fourth-order valence-electron chi connectivity index (χ4n) is 3.49. The molecule has 0 atom stereocenters. The van der Waals surface area contributed by atoms with Crippen molar-refractivity contribution in [2.45, 2.75) is 18.0 Å². The van der Waals surface area contributed by atoms with Crippen LogP contribution in [0.2, 0.25) is 0 Å². The zero-order valence-electron chi connectivity index (χ0n) is 18.8. The number of amides is 1. The van der Waals surface area contributed by atoms with Crippen molar-refractivity contribution >= 4 is 16.1 Å². The monoisotopic (exact) mass is 485 g/mol. The lowest BCUT2D eigenvalue weighted by Crippen LogP contribution is -2.42. The normalized spacial score (nSPS) is 14.1. The molecule has 0 aliphatic carbocycles. The molecule has 1 heterocycles. The van der Waals surface area contributed by atoms with Crippen LogP contribution in [0.3, 0.4) is 0 Å². The highest BCUT2D eigenvalue weighted by Gasteiger charge is 2.42. The summed E-state index contributed by atoms with van der Waals surface area (Å²) in [6.45, 7) is 0.0640. The van der Waals surface area contributed by atoms with Crippen LogP contribution in [0.25, 0.3) is 0 Å². The van der Waals surface area contributed by atoms with Crippen LogP contribution < -0.4 is 23.7 Å². The number of carbonyl (C=O) groups excluding carboxylic acids is 1. The molecule has 10 heteroatoms. The number of sulfonamides is 1. The third-order valence-corrected chi connectivity index (χ3v) is 6.97. The molecule has 1 aliphatic heterocycles. The standard InChI is InChI=1S/C24H23NO8S/c1-29-18-12-21(31-3)23-22(13-18)33-24(26)25(34(23,27)28)14-17-9-10-19(20(11-17)30-2)32-15-16-7-5-4-6-8-16/h4-13H,14-15H2,1-3H3. The predicted molar refractivity (Wildman–Crippen MR) is 122 cm³/mol. The van der Waals surface area contributed by atoms with Gasteiger partial charge in [-0.15, -0.1) is 0 Å². The number of ether oxygens (including phenoxy) is 5. The molecule has 4 rings (SSSR count). The summed E-state index contributed by atoms with van der Waals surface area (Å²) in [5, 5.41) is 0. The first kappa shape index (κ1) is 23.2. The maximum Gasteiger partial charge on any atom is 0.429 e. The number of nitrogens with zero attached hydrogens (tertiary/aromatic N) is 1. The molecule has 0 saturated heterocycles. The lowest BCUT2D eigenvalue weighted by molar-refractivity contribution is 0.171. The van der Waals surface area contributed by atoms with Crippen molar-refractivity contribution in [3.8, 4) is 28.7 Å². The van der Waals surface area contributed by atoms with Crippen molar-refractivity contribution in [2.75, 3.05) is 21.3 Å². The van der Waals surface area contributed by atoms with Crippen LogP contribution in [-0.4, -0.2) is 40.1 Å². The van der Waals surface area contributed by atoms with Gasteiger partial charge in [0.1, 0.15) is 18.1 Å². The van der Waals surface area contributed by atoms with Gasteiger partial charge in [0.15, 0.2) is 22.1 Å². The zero-order valence-corrected chi connectivity index (χ0v) is 19.6. The van der Waals surface area contributed by atoms with E-state index in [4.69, 9.17) is 23.7 Å². The predicted octanol–water partition coefficient (Wildman–Crippen LogP) is 3.99. The quantitative estimate of drug-likeness (QED) is 0.472. The van der Waals surface area contributed by atoms with Gasteiger partial charge >= 0.3 is 6.09 Å². The molecule has 1 amide bonds. The van der Waals surface area contributed by atoms with Crippen molar-refractivity contribution in [3.05, 3.63) is 71.8 Å². The molecule has 0 saturated carbocycles. The largest absolute Gasteiger partial charge is 0.496 e. The summed E-state index contributed by atoms with van der Waals surface area (Å²) in [6, 6.07) is 17.3. The lowest BCUT2D eigenvalue weighted by Gasteiger charge is -2.28. The lowest BCUT2D eigenvalue weighted by atomic mass is 10.2. The summed E-state index contributed by atoms with van der Waals surface area (Å²) >= 11 is 0. The third-order valence-electron chi connectivity index (χ3n) is 5.19. The van der Waals surface area contributed by atoms with Crippen LogP contribution in [0.4, 0.5) is 4.79 Å². The van der Waals surface area contributed by atoms with E-state index < -0.39 is 16.1 Å². The maximum atomic E-state index is 13.3. The number of methoxy groups -OCH3 is 3. The second-order valence-electron chi connectivity index (χ2n) is 7.30. The molecule has 0 fully saturated rings. The number of rotatable bonds is 8. The Hall–Kier alpha value is -3.92. The van der Waals surface area contributed by atoms with E-state index in [-0.39, 0.29) is 22.9 Å². The number of carbonyl (C=O) groups is 1. The van der Waals surface area contributed by atoms with Gasteiger partial charge in [0.2, 0.25) is 0 Å². The number of hydrogen-bond donors (Lipinski definition) is 0. The van der Waals surface area contributed by atoms with Gasteiger partial charge in [0.05, 0.1) is 27.9 Å². The van der Waals surface area contributed by atoms with E-state index in [0.717, 1.165) is 5.56 Å². The minimum atomic E-state index is -4.27. The van der Waals surface area contributed by atoms with Crippen LogP contribution in [0.15, 0.2) is 65.6 Å². The molecule has 1 aliphatic rings. The Kier molecular flexibility index (Phi) is 6.51. The second kappa shape index (κ2) is 9.52. The Bertz CT molecular complexity index is 1310. The summed E-state index contributed by atoms with van der Waals surface area (Å²) in [6.07, 6.45) is -1.04. The molecule has 0 spiro atoms. The van der Waals surface area contributed by atoms with Gasteiger partial charge in [-0.25, -0.2) is 13.2 Å². The molecule has 34 heavy (non-hydrogen) atoms. The SMILES string of the molecule is COc1cc(OC)c2c(c1)OC(=O)N(Cc1ccc(OCc3ccccc3)c(OC)c1)S2(=O)=O. The van der Waals surface area contributed by atoms with Crippen LogP contribution in [0.1, 0.15) is 11.1 Å². The average molecular weight is 486 g/mol. The highest BCUT2D eigenvalue weighted by molar-refractivity contribution is 7.90. The first-order valence-corrected chi connectivity index (χ1v) is 11.7. The van der Waals surface area contributed by atoms with Gasteiger partial charge < -0.3 is 23.7 Å². The van der Waals surface area contributed by atoms with Crippen LogP contribution in [-0.2, 0) is 23.2 Å². The number of fused-ring (bicyclic) bond motifs is 1. The highest BCUT2D eigenvalue weighted by atomic mass is 32.2. The maximum absolute atomic E-state index is 13.3. The summed E-state index contributed by atoms with van der Waals surface area (Å²) in [5.41, 5.74) is 1.49. The van der Waals surface area contributed by atoms with Gasteiger partial charge in [-0.05, 0) is 23.3 Å². The summed E-state index contributed by atoms with van der Waals surface area (Å²) in [4.78, 5) is 12.4. The van der Waals surface area contributed by atoms with Gasteiger partial charge in [0, 0.05) is 12.1 Å². The van der Waals surface area contributed by atoms with Gasteiger partial charge in [-0.3, -0.25) is 0 Å². The summed E-state index contributed by atoms with van der Waals surface area (Å²) < 4.78 is 54.2. The first-order chi connectivity index (χ1) is 16.4. The minimum absolute atomic E-state index is 0.00842. The van der Waals surface area contributed by atoms with E-state index in [2.05, 4.69) is 0 Å². The van der Waals surface area contributed by atoms with Crippen molar-refractivity contribution in [3.63, 3.8) is 0 Å². The average Bonchev–Trinajstić information content (AvgIpc) is 2.85. The second-order valence-corrected chi connectivity index (χ2v) is 9.10. The molecule has 0 bridgehead atoms. The Morgan fingerprint density at radius 2 is 1.56 bits per heavy atom. The Labute approximate surface area is 197 Å². The topological polar surface area (TPSA) is 101 Å². The zero-order chi connectivity index (χ0) is 24.3. The van der Waals surface area contributed by atoms with Crippen molar-refractivity contribution in [2.24, 2.45) is 0 Å². The van der Waals surface area contributed by atoms with E-state index in [1.165, 1.54) is 33.5 Å². The van der Waals surface area contributed by atoms with E-state index >= 15 is 0 Å². The molecular weight excluding hydrogens is 462 g/mol. The molecule has 0 N–H and O–H groups in total. The molecular formula is C24H23NO8S. The summed E-state index contributed by atoms with van der Waals surface area (Å²) in [7, 11) is -0.0530. The van der Waals surface area contributed by atoms with Crippen LogP contribution >= 0.6 is 0 Å². The molecule has 3 aromatic carbocycles. The van der Waals surface area contributed by atoms with Gasteiger partial charge in [-0.2, -0.15) is 4.31 Å². The number of benzene rings is 3. The van der Waals surface area contributed by atoms with Gasteiger partial charge in [-0.1, -0.05) is 36.4 Å². The molecule has 0 aromatic heterocycles. The summed E-state index contributed by atoms with van der Waals surface area (Å²) in [5.74, 6) is 1.04. The Morgan fingerprint density at radius 1 is 0.824 bits per heavy atom. The van der Waals surface area contributed by atoms with Crippen LogP contribution in [0.5, 0.6) is 28.7 Å². The van der Waals surface area contributed by atoms with E-state index in [1.54, 1.807) is 18.2 Å². The smallest absolute Gasteiger partial charge is 0.429 e. The minimum Gasteiger partial charge on any atom is -0.496 e. The van der Waals surface area contributed by atoms with Crippen molar-refractivity contribution in [1.29, 1.82) is 0 Å². The molecule has 0 radical (unpaired) electrons. The van der Waals surface area contributed by atoms with Crippen LogP contribution in [0, 0.1) is 0 Å². The Balaban J connectivity index is 1.60. The number of hydrogen-bond acceptors (Lipinski definition) is 8. The molecule has 9 nitrogen and oxygen atoms in total. The molecule has 178 valence electrons.